The van der Waals surface area contributed by atoms with E-state index in [0.29, 0.717) is 0 Å². The van der Waals surface area contributed by atoms with Crippen LogP contribution in [0.3, 0.4) is 0 Å². The molecule has 0 radical (unpaired) electrons. The van der Waals surface area contributed by atoms with Crippen LogP contribution in [0, 0.1) is 24.0 Å². The Morgan fingerprint density at radius 3 is 2.10 bits per heavy atom. The van der Waals surface area contributed by atoms with Crippen molar-refractivity contribution >= 4 is 17.1 Å². The fraction of sp³-hybridized carbons (Fsp3) is 0.188. The van der Waals surface area contributed by atoms with Crippen molar-refractivity contribution in [3.05, 3.63) is 69.3 Å². The molecule has 0 aliphatic carbocycles. The quantitative estimate of drug-likeness (QED) is 0.472. The molecule has 4 heteroatoms. The van der Waals surface area contributed by atoms with Crippen LogP contribution < -0.4 is 0 Å². The minimum absolute atomic E-state index is 0.0907. The number of benzene rings is 2. The number of rotatable bonds is 3. The van der Waals surface area contributed by atoms with E-state index in [-0.39, 0.29) is 5.69 Å². The lowest BCUT2D eigenvalue weighted by Gasteiger charge is -2.03. The van der Waals surface area contributed by atoms with Gasteiger partial charge in [0.1, 0.15) is 0 Å². The minimum Gasteiger partial charge on any atom is -0.258 e. The van der Waals surface area contributed by atoms with Crippen molar-refractivity contribution in [3.63, 3.8) is 0 Å². The maximum absolute atomic E-state index is 10.6. The topological polar surface area (TPSA) is 55.5 Å². The number of aliphatic imine (C=N–C) groups is 1. The summed E-state index contributed by atoms with van der Waals surface area (Å²) in [6, 6.07) is 12.6. The van der Waals surface area contributed by atoms with Crippen LogP contribution in [0.4, 0.5) is 11.4 Å². The first-order valence-corrected chi connectivity index (χ1v) is 6.34. The molecule has 0 N–H and O–H groups in total. The van der Waals surface area contributed by atoms with E-state index in [9.17, 15) is 10.1 Å². The Labute approximate surface area is 117 Å². The summed E-state index contributed by atoms with van der Waals surface area (Å²) in [7, 11) is 0. The molecule has 0 aromatic heterocycles. The Kier molecular flexibility index (Phi) is 3.94. The second-order valence-corrected chi connectivity index (χ2v) is 4.85. The molecular weight excluding hydrogens is 252 g/mol. The van der Waals surface area contributed by atoms with Gasteiger partial charge in [-0.1, -0.05) is 6.07 Å². The van der Waals surface area contributed by atoms with Crippen molar-refractivity contribution in [1.29, 1.82) is 0 Å². The smallest absolute Gasteiger partial charge is 0.258 e. The summed E-state index contributed by atoms with van der Waals surface area (Å²) in [6.07, 6.45) is 0. The Morgan fingerprint density at radius 2 is 1.60 bits per heavy atom. The van der Waals surface area contributed by atoms with E-state index in [0.717, 1.165) is 17.0 Å². The van der Waals surface area contributed by atoms with Crippen LogP contribution in [-0.2, 0) is 0 Å². The van der Waals surface area contributed by atoms with Gasteiger partial charge in [-0.15, -0.1) is 0 Å². The summed E-state index contributed by atoms with van der Waals surface area (Å²) < 4.78 is 0. The van der Waals surface area contributed by atoms with Crippen LogP contribution in [0.2, 0.25) is 0 Å². The van der Waals surface area contributed by atoms with E-state index in [4.69, 9.17) is 0 Å². The molecule has 4 nitrogen and oxygen atoms in total. The van der Waals surface area contributed by atoms with E-state index in [2.05, 4.69) is 11.1 Å². The SMILES string of the molecule is CC(=Nc1cc(C)cc(C)c1)c1ccc([N+](=O)[O-])cc1. The molecule has 0 amide bonds. The van der Waals surface area contributed by atoms with Crippen molar-refractivity contribution in [3.8, 4) is 0 Å². The van der Waals surface area contributed by atoms with Gasteiger partial charge in [0.15, 0.2) is 0 Å². The van der Waals surface area contributed by atoms with Gasteiger partial charge >= 0.3 is 0 Å². The van der Waals surface area contributed by atoms with E-state index in [1.807, 2.05) is 32.9 Å². The second-order valence-electron chi connectivity index (χ2n) is 4.85. The third-order valence-corrected chi connectivity index (χ3v) is 3.00. The molecule has 0 saturated heterocycles. The lowest BCUT2D eigenvalue weighted by atomic mass is 10.1. The third kappa shape index (κ3) is 3.29. The van der Waals surface area contributed by atoms with Crippen LogP contribution in [0.1, 0.15) is 23.6 Å². The summed E-state index contributed by atoms with van der Waals surface area (Å²) in [5.41, 5.74) is 5.05. The van der Waals surface area contributed by atoms with Crippen LogP contribution in [0.15, 0.2) is 47.5 Å². The summed E-state index contributed by atoms with van der Waals surface area (Å²) in [6.45, 7) is 5.97. The predicted molar refractivity (Wildman–Crippen MR) is 80.9 cm³/mol. The molecule has 0 unspecified atom stereocenters. The Bertz CT molecular complexity index is 653. The first-order chi connectivity index (χ1) is 9.45. The third-order valence-electron chi connectivity index (χ3n) is 3.00. The first-order valence-electron chi connectivity index (χ1n) is 6.34. The van der Waals surface area contributed by atoms with Crippen LogP contribution in [0.5, 0.6) is 0 Å². The molecule has 0 aliphatic heterocycles. The Morgan fingerprint density at radius 1 is 1.05 bits per heavy atom. The maximum Gasteiger partial charge on any atom is 0.269 e. The highest BCUT2D eigenvalue weighted by atomic mass is 16.6. The van der Waals surface area contributed by atoms with Crippen molar-refractivity contribution in [2.24, 2.45) is 4.99 Å². The molecule has 2 rings (SSSR count). The van der Waals surface area contributed by atoms with Crippen molar-refractivity contribution in [2.45, 2.75) is 20.8 Å². The molecule has 0 saturated carbocycles. The molecule has 20 heavy (non-hydrogen) atoms. The molecule has 0 bridgehead atoms. The molecular formula is C16H16N2O2. The van der Waals surface area contributed by atoms with E-state index in [1.54, 1.807) is 12.1 Å². The lowest BCUT2D eigenvalue weighted by molar-refractivity contribution is -0.384. The zero-order valence-electron chi connectivity index (χ0n) is 11.8. The Balaban J connectivity index is 2.32. The molecule has 0 atom stereocenters. The lowest BCUT2D eigenvalue weighted by Crippen LogP contribution is -1.95. The fourth-order valence-electron chi connectivity index (χ4n) is 2.10. The highest BCUT2D eigenvalue weighted by molar-refractivity contribution is 6.00. The monoisotopic (exact) mass is 268 g/mol. The van der Waals surface area contributed by atoms with Gasteiger partial charge < -0.3 is 0 Å². The number of hydrogen-bond donors (Lipinski definition) is 0. The van der Waals surface area contributed by atoms with Crippen LogP contribution in [-0.4, -0.2) is 10.6 Å². The van der Waals surface area contributed by atoms with Gasteiger partial charge in [0.2, 0.25) is 0 Å². The van der Waals surface area contributed by atoms with Crippen molar-refractivity contribution in [1.82, 2.24) is 0 Å². The minimum atomic E-state index is -0.403. The highest BCUT2D eigenvalue weighted by Crippen LogP contribution is 2.19. The molecule has 0 spiro atoms. The van der Waals surface area contributed by atoms with Gasteiger partial charge in [-0.2, -0.15) is 0 Å². The number of non-ortho nitro benzene ring substituents is 1. The van der Waals surface area contributed by atoms with Gasteiger partial charge in [-0.25, -0.2) is 0 Å². The van der Waals surface area contributed by atoms with Gasteiger partial charge in [-0.3, -0.25) is 15.1 Å². The van der Waals surface area contributed by atoms with Crippen LogP contribution in [0.25, 0.3) is 0 Å². The summed E-state index contributed by atoms with van der Waals surface area (Å²) in [5.74, 6) is 0. The zero-order chi connectivity index (χ0) is 14.7. The largest absolute Gasteiger partial charge is 0.269 e. The maximum atomic E-state index is 10.6. The first kappa shape index (κ1) is 13.9. The molecule has 102 valence electrons. The van der Waals surface area contributed by atoms with Gasteiger partial charge in [-0.05, 0) is 61.7 Å². The van der Waals surface area contributed by atoms with Gasteiger partial charge in [0, 0.05) is 17.8 Å². The normalized spacial score (nSPS) is 11.4. The number of nitrogens with zero attached hydrogens (tertiary/aromatic N) is 2. The van der Waals surface area contributed by atoms with Crippen LogP contribution >= 0.6 is 0 Å². The molecule has 0 fully saturated rings. The average Bonchev–Trinajstić information content (AvgIpc) is 2.37. The molecule has 2 aromatic carbocycles. The standard InChI is InChI=1S/C16H16N2O2/c1-11-8-12(2)10-15(9-11)17-13(3)14-4-6-16(7-5-14)18(19)20/h4-10H,1-3H3. The van der Waals surface area contributed by atoms with Crippen molar-refractivity contribution in [2.75, 3.05) is 0 Å². The molecule has 0 heterocycles. The summed E-state index contributed by atoms with van der Waals surface area (Å²) in [5, 5.41) is 10.6. The average molecular weight is 268 g/mol. The van der Waals surface area contributed by atoms with E-state index >= 15 is 0 Å². The number of aryl methyl sites for hydroxylation is 2. The number of hydrogen-bond acceptors (Lipinski definition) is 3. The van der Waals surface area contributed by atoms with E-state index < -0.39 is 4.92 Å². The second kappa shape index (κ2) is 5.65. The number of nitro benzene ring substituents is 1. The summed E-state index contributed by atoms with van der Waals surface area (Å²) in [4.78, 5) is 14.8. The van der Waals surface area contributed by atoms with Gasteiger partial charge in [0.05, 0.1) is 10.6 Å². The van der Waals surface area contributed by atoms with Crippen molar-refractivity contribution < 1.29 is 4.92 Å². The molecule has 0 aliphatic rings. The fourth-order valence-corrected chi connectivity index (χ4v) is 2.10. The highest BCUT2D eigenvalue weighted by Gasteiger charge is 2.05. The molecule has 2 aromatic rings. The Hall–Kier alpha value is -2.49. The zero-order valence-corrected chi connectivity index (χ0v) is 11.8. The van der Waals surface area contributed by atoms with Gasteiger partial charge in [0.25, 0.3) is 5.69 Å². The number of nitro groups is 1. The van der Waals surface area contributed by atoms with E-state index in [1.165, 1.54) is 23.3 Å². The predicted octanol–water partition coefficient (Wildman–Crippen LogP) is 4.35. The summed E-state index contributed by atoms with van der Waals surface area (Å²) >= 11 is 0.